The molecule has 1 aliphatic heterocycles. The first kappa shape index (κ1) is 9.09. The predicted molar refractivity (Wildman–Crippen MR) is 61.4 cm³/mol. The van der Waals surface area contributed by atoms with Crippen LogP contribution in [0.5, 0.6) is 0 Å². The molecule has 1 aromatic carbocycles. The minimum Gasteiger partial charge on any atom is -0.297 e. The van der Waals surface area contributed by atoms with Crippen LogP contribution < -0.4 is 4.72 Å². The van der Waals surface area contributed by atoms with Crippen LogP contribution in [0.25, 0.3) is 0 Å². The molecule has 0 bridgehead atoms. The summed E-state index contributed by atoms with van der Waals surface area (Å²) in [6.45, 7) is 0. The highest BCUT2D eigenvalue weighted by atomic mass is 32.2. The van der Waals surface area contributed by atoms with E-state index >= 15 is 0 Å². The highest BCUT2D eigenvalue weighted by Crippen LogP contribution is 2.23. The van der Waals surface area contributed by atoms with Gasteiger partial charge in [-0.25, -0.2) is 0 Å². The minimum absolute atomic E-state index is 0.834. The quantitative estimate of drug-likeness (QED) is 0.613. The molecule has 78 valence electrons. The van der Waals surface area contributed by atoms with Crippen molar-refractivity contribution in [2.45, 2.75) is 25.7 Å². The number of fused-ring (bicyclic) bond motifs is 1. The van der Waals surface area contributed by atoms with Crippen LogP contribution in [0.1, 0.15) is 23.1 Å². The van der Waals surface area contributed by atoms with Crippen molar-refractivity contribution in [1.29, 1.82) is 0 Å². The lowest BCUT2D eigenvalue weighted by Crippen LogP contribution is -2.13. The Balaban J connectivity index is 1.80. The molecule has 0 amide bonds. The number of nitrogens with zero attached hydrogens (tertiary/aromatic N) is 1. The maximum atomic E-state index is 4.82. The Morgan fingerprint density at radius 2 is 2.27 bits per heavy atom. The van der Waals surface area contributed by atoms with Crippen molar-refractivity contribution in [1.82, 2.24) is 4.72 Å². The van der Waals surface area contributed by atoms with Crippen molar-refractivity contribution in [3.8, 4) is 0 Å². The maximum absolute atomic E-state index is 4.82. The van der Waals surface area contributed by atoms with Crippen molar-refractivity contribution in [3.05, 3.63) is 34.9 Å². The Morgan fingerprint density at radius 3 is 3.13 bits per heavy atom. The number of benzene rings is 1. The fourth-order valence-corrected chi connectivity index (χ4v) is 2.52. The van der Waals surface area contributed by atoms with E-state index in [0.717, 1.165) is 12.3 Å². The zero-order valence-electron chi connectivity index (χ0n) is 8.32. The van der Waals surface area contributed by atoms with Crippen molar-refractivity contribution >= 4 is 18.1 Å². The van der Waals surface area contributed by atoms with E-state index in [1.165, 1.54) is 48.2 Å². The summed E-state index contributed by atoms with van der Waals surface area (Å²) in [5.41, 5.74) is 4.35. The lowest BCUT2D eigenvalue weighted by Gasteiger charge is -2.03. The zero-order valence-corrected chi connectivity index (χ0v) is 9.14. The van der Waals surface area contributed by atoms with Gasteiger partial charge in [-0.15, -0.1) is 0 Å². The molecule has 0 radical (unpaired) electrons. The van der Waals surface area contributed by atoms with E-state index < -0.39 is 0 Å². The molecule has 0 atom stereocenters. The molecule has 1 aromatic rings. The van der Waals surface area contributed by atoms with Crippen LogP contribution in [-0.4, -0.2) is 5.84 Å². The van der Waals surface area contributed by atoms with Gasteiger partial charge >= 0.3 is 0 Å². The van der Waals surface area contributed by atoms with Crippen molar-refractivity contribution in [2.24, 2.45) is 5.16 Å². The summed E-state index contributed by atoms with van der Waals surface area (Å²) in [6.07, 6.45) is 4.61. The van der Waals surface area contributed by atoms with E-state index in [-0.39, 0.29) is 0 Å². The summed E-state index contributed by atoms with van der Waals surface area (Å²) in [7, 11) is 0. The largest absolute Gasteiger partial charge is 0.297 e. The van der Waals surface area contributed by atoms with Gasteiger partial charge in [0.25, 0.3) is 0 Å². The Kier molecular flexibility index (Phi) is 2.29. The molecule has 0 saturated carbocycles. The van der Waals surface area contributed by atoms with Crippen LogP contribution in [0.3, 0.4) is 0 Å². The fourth-order valence-electron chi connectivity index (χ4n) is 2.15. The van der Waals surface area contributed by atoms with Crippen LogP contribution in [0.15, 0.2) is 23.4 Å². The lowest BCUT2D eigenvalue weighted by atomic mass is 10.0. The van der Waals surface area contributed by atoms with Crippen LogP contribution >= 0.6 is 12.2 Å². The lowest BCUT2D eigenvalue weighted by molar-refractivity contribution is 0.415. The van der Waals surface area contributed by atoms with Crippen molar-refractivity contribution in [3.63, 3.8) is 0 Å². The second-order valence-corrected chi connectivity index (χ2v) is 4.45. The first-order chi connectivity index (χ1) is 7.42. The summed E-state index contributed by atoms with van der Waals surface area (Å²) >= 11 is 1.17. The average molecular weight is 220 g/mol. The van der Waals surface area contributed by atoms with Gasteiger partial charge in [-0.2, -0.15) is 0 Å². The molecule has 0 aromatic heterocycles. The molecular formula is C11H12N2OS. The van der Waals surface area contributed by atoms with Gasteiger partial charge < -0.3 is 0 Å². The van der Waals surface area contributed by atoms with Crippen LogP contribution in [0.2, 0.25) is 0 Å². The van der Waals surface area contributed by atoms with Crippen molar-refractivity contribution < 1.29 is 4.28 Å². The first-order valence-electron chi connectivity index (χ1n) is 5.18. The Morgan fingerprint density at radius 1 is 1.33 bits per heavy atom. The third-order valence-corrected chi connectivity index (χ3v) is 3.35. The van der Waals surface area contributed by atoms with Crippen molar-refractivity contribution in [2.75, 3.05) is 0 Å². The van der Waals surface area contributed by atoms with Gasteiger partial charge in [0.2, 0.25) is 12.2 Å². The van der Waals surface area contributed by atoms with E-state index in [1.807, 2.05) is 0 Å². The van der Waals surface area contributed by atoms with Gasteiger partial charge in [0.15, 0.2) is 5.84 Å². The summed E-state index contributed by atoms with van der Waals surface area (Å²) in [5.74, 6) is 0.901. The number of amidine groups is 1. The number of hydrogen-bond donors (Lipinski definition) is 1. The molecule has 0 fully saturated rings. The zero-order chi connectivity index (χ0) is 10.1. The SMILES string of the molecule is c1cc2c(cc1CC1=NOSN1)CCC2. The average Bonchev–Trinajstić information content (AvgIpc) is 2.87. The molecule has 0 spiro atoms. The Bertz CT molecular complexity index is 417. The molecule has 15 heavy (non-hydrogen) atoms. The van der Waals surface area contributed by atoms with Crippen LogP contribution in [-0.2, 0) is 23.5 Å². The van der Waals surface area contributed by atoms with Gasteiger partial charge in [-0.1, -0.05) is 23.4 Å². The first-order valence-corrected chi connectivity index (χ1v) is 5.92. The summed E-state index contributed by atoms with van der Waals surface area (Å²) < 4.78 is 7.83. The Labute approximate surface area is 93.2 Å². The highest BCUT2D eigenvalue weighted by molar-refractivity contribution is 7.93. The number of oxime groups is 1. The third-order valence-electron chi connectivity index (χ3n) is 2.88. The number of hydrogen-bond acceptors (Lipinski definition) is 4. The number of nitrogens with one attached hydrogen (secondary N) is 1. The van der Waals surface area contributed by atoms with Crippen LogP contribution in [0.4, 0.5) is 0 Å². The molecule has 0 saturated heterocycles. The van der Waals surface area contributed by atoms with E-state index in [2.05, 4.69) is 28.1 Å². The van der Waals surface area contributed by atoms with E-state index in [0.29, 0.717) is 0 Å². The van der Waals surface area contributed by atoms with E-state index in [1.54, 1.807) is 0 Å². The predicted octanol–water partition coefficient (Wildman–Crippen LogP) is 2.21. The summed E-state index contributed by atoms with van der Waals surface area (Å²) in [6, 6.07) is 6.74. The second kappa shape index (κ2) is 3.77. The van der Waals surface area contributed by atoms with Gasteiger partial charge in [-0.05, 0) is 36.0 Å². The third kappa shape index (κ3) is 1.81. The molecule has 4 heteroatoms. The number of aryl methyl sites for hydroxylation is 2. The van der Waals surface area contributed by atoms with Gasteiger partial charge in [0.1, 0.15) is 0 Å². The standard InChI is InChI=1S/C11H12N2OS/c1-2-9-5-4-8(6-10(9)3-1)7-11-12-14-15-13-11/h4-6H,1-3,7H2,(H,12,13). The molecule has 2 aliphatic rings. The molecule has 3 rings (SSSR count). The summed E-state index contributed by atoms with van der Waals surface area (Å²) in [5, 5.41) is 3.89. The smallest absolute Gasteiger partial charge is 0.208 e. The van der Waals surface area contributed by atoms with E-state index in [4.69, 9.17) is 4.28 Å². The molecular weight excluding hydrogens is 208 g/mol. The van der Waals surface area contributed by atoms with Gasteiger partial charge in [-0.3, -0.25) is 9.01 Å². The fraction of sp³-hybridized carbons (Fsp3) is 0.364. The Hall–Kier alpha value is -1.16. The molecule has 1 heterocycles. The van der Waals surface area contributed by atoms with Crippen LogP contribution in [0, 0.1) is 0 Å². The number of rotatable bonds is 2. The minimum atomic E-state index is 0.834. The molecule has 1 aliphatic carbocycles. The molecule has 3 nitrogen and oxygen atoms in total. The van der Waals surface area contributed by atoms with Gasteiger partial charge in [0, 0.05) is 6.42 Å². The highest BCUT2D eigenvalue weighted by Gasteiger charge is 2.13. The monoisotopic (exact) mass is 220 g/mol. The molecule has 0 unspecified atom stereocenters. The topological polar surface area (TPSA) is 33.6 Å². The maximum Gasteiger partial charge on any atom is 0.208 e. The summed E-state index contributed by atoms with van der Waals surface area (Å²) in [4.78, 5) is 0. The molecule has 1 N–H and O–H groups in total. The van der Waals surface area contributed by atoms with E-state index in [9.17, 15) is 0 Å². The normalized spacial score (nSPS) is 18.0. The second-order valence-electron chi connectivity index (χ2n) is 3.93. The van der Waals surface area contributed by atoms with Gasteiger partial charge in [0.05, 0.1) is 0 Å².